The molecule has 0 saturated carbocycles. The lowest BCUT2D eigenvalue weighted by Crippen LogP contribution is -2.42. The molecular weight excluding hydrogens is 380 g/mol. The van der Waals surface area contributed by atoms with Crippen molar-refractivity contribution in [2.45, 2.75) is 19.4 Å². The molecule has 1 N–H and O–H groups in total. The van der Waals surface area contributed by atoms with Crippen LogP contribution in [0.25, 0.3) is 11.1 Å². The third-order valence-corrected chi connectivity index (χ3v) is 4.98. The number of hydrogen-bond donors (Lipinski definition) is 1. The zero-order valence-electron chi connectivity index (χ0n) is 14.8. The zero-order chi connectivity index (χ0) is 19.4. The summed E-state index contributed by atoms with van der Waals surface area (Å²) in [5.74, 6) is 0.299. The highest BCUT2D eigenvalue weighted by molar-refractivity contribution is 7.10. The highest BCUT2D eigenvalue weighted by Crippen LogP contribution is 2.28. The summed E-state index contributed by atoms with van der Waals surface area (Å²) in [6, 6.07) is 18.3. The normalized spacial score (nSPS) is 10.9. The monoisotopic (exact) mass is 396 g/mol. The molecule has 27 heavy (non-hydrogen) atoms. The molecule has 0 aliphatic carbocycles. The average molecular weight is 397 g/mol. The summed E-state index contributed by atoms with van der Waals surface area (Å²) < 4.78 is 5.82. The summed E-state index contributed by atoms with van der Waals surface area (Å²) in [7, 11) is 0. The largest absolute Gasteiger partial charge is 0.478 e. The number of carbonyl (C=O) groups is 1. The number of nitriles is 1. The van der Waals surface area contributed by atoms with Crippen LogP contribution in [-0.2, 0) is 4.79 Å². The van der Waals surface area contributed by atoms with Crippen molar-refractivity contribution in [3.05, 3.63) is 69.9 Å². The zero-order valence-corrected chi connectivity index (χ0v) is 16.4. The van der Waals surface area contributed by atoms with Gasteiger partial charge in [0.05, 0.1) is 0 Å². The number of ether oxygens (including phenoxy) is 1. The van der Waals surface area contributed by atoms with E-state index in [0.29, 0.717) is 21.3 Å². The van der Waals surface area contributed by atoms with Crippen LogP contribution in [0, 0.1) is 11.3 Å². The average Bonchev–Trinajstić information content (AvgIpc) is 3.13. The summed E-state index contributed by atoms with van der Waals surface area (Å²) in [5.41, 5.74) is 1.47. The van der Waals surface area contributed by atoms with Crippen molar-refractivity contribution in [2.24, 2.45) is 0 Å². The molecular formula is C21H17ClN2O2S. The first-order chi connectivity index (χ1) is 12.9. The third-order valence-electron chi connectivity index (χ3n) is 3.90. The van der Waals surface area contributed by atoms with E-state index in [4.69, 9.17) is 21.6 Å². The first-order valence-electron chi connectivity index (χ1n) is 8.22. The Balaban J connectivity index is 1.74. The molecule has 0 unspecified atom stereocenters. The minimum absolute atomic E-state index is 0.266. The Bertz CT molecular complexity index is 1000. The van der Waals surface area contributed by atoms with Gasteiger partial charge in [0, 0.05) is 10.7 Å². The summed E-state index contributed by atoms with van der Waals surface area (Å²) in [6.45, 7) is 3.41. The summed E-state index contributed by atoms with van der Waals surface area (Å²) in [5, 5.41) is 14.4. The minimum atomic E-state index is -1.07. The van der Waals surface area contributed by atoms with Gasteiger partial charge >= 0.3 is 0 Å². The fourth-order valence-corrected chi connectivity index (χ4v) is 3.28. The van der Waals surface area contributed by atoms with Gasteiger partial charge < -0.3 is 10.1 Å². The van der Waals surface area contributed by atoms with Crippen LogP contribution in [0.5, 0.6) is 5.75 Å². The molecule has 3 rings (SSSR count). The van der Waals surface area contributed by atoms with Crippen molar-refractivity contribution in [3.8, 4) is 22.9 Å². The minimum Gasteiger partial charge on any atom is -0.478 e. The molecule has 0 spiro atoms. The number of hydrogen-bond acceptors (Lipinski definition) is 4. The maximum Gasteiger partial charge on any atom is 0.267 e. The summed E-state index contributed by atoms with van der Waals surface area (Å²) in [6.07, 6.45) is 0. The Morgan fingerprint density at radius 2 is 1.89 bits per heavy atom. The fraction of sp³-hybridized carbons (Fsp3) is 0.143. The van der Waals surface area contributed by atoms with Crippen molar-refractivity contribution >= 4 is 34.5 Å². The van der Waals surface area contributed by atoms with Gasteiger partial charge in [-0.1, -0.05) is 23.7 Å². The van der Waals surface area contributed by atoms with Crippen LogP contribution in [0.15, 0.2) is 60.0 Å². The van der Waals surface area contributed by atoms with E-state index < -0.39 is 5.60 Å². The smallest absolute Gasteiger partial charge is 0.267 e. The van der Waals surface area contributed by atoms with Gasteiger partial charge in [0.25, 0.3) is 5.91 Å². The van der Waals surface area contributed by atoms with Crippen LogP contribution < -0.4 is 10.1 Å². The van der Waals surface area contributed by atoms with Crippen LogP contribution in [0.1, 0.15) is 18.7 Å². The number of thiophene rings is 1. The maximum absolute atomic E-state index is 12.7. The first-order valence-corrected chi connectivity index (χ1v) is 9.48. The van der Waals surface area contributed by atoms with E-state index in [-0.39, 0.29) is 5.91 Å². The quantitative estimate of drug-likeness (QED) is 0.598. The van der Waals surface area contributed by atoms with Gasteiger partial charge in [0.2, 0.25) is 0 Å². The van der Waals surface area contributed by atoms with Crippen molar-refractivity contribution in [2.75, 3.05) is 5.32 Å². The van der Waals surface area contributed by atoms with E-state index in [1.54, 1.807) is 38.1 Å². The molecule has 6 heteroatoms. The standard InChI is InChI=1S/C21H17ClN2O2S/c1-21(2,26-18-8-6-16(22)7-9-18)20(25)24-17-5-3-4-14(10-17)15-11-19(12-23)27-13-15/h3-11,13H,1-2H3,(H,24,25). The van der Waals surface area contributed by atoms with Gasteiger partial charge in [-0.15, -0.1) is 11.3 Å². The Morgan fingerprint density at radius 1 is 1.15 bits per heavy atom. The molecule has 0 fully saturated rings. The van der Waals surface area contributed by atoms with E-state index in [2.05, 4.69) is 11.4 Å². The van der Waals surface area contributed by atoms with Crippen molar-refractivity contribution in [1.29, 1.82) is 5.26 Å². The second-order valence-electron chi connectivity index (χ2n) is 6.41. The predicted octanol–water partition coefficient (Wildman–Crippen LogP) is 5.74. The van der Waals surface area contributed by atoms with Crippen LogP contribution in [0.2, 0.25) is 5.02 Å². The van der Waals surface area contributed by atoms with Crippen molar-refractivity contribution in [3.63, 3.8) is 0 Å². The Morgan fingerprint density at radius 3 is 2.56 bits per heavy atom. The van der Waals surface area contributed by atoms with Gasteiger partial charge in [0.1, 0.15) is 16.7 Å². The number of rotatable bonds is 5. The highest BCUT2D eigenvalue weighted by atomic mass is 35.5. The molecule has 1 amide bonds. The van der Waals surface area contributed by atoms with Gasteiger partial charge in [-0.2, -0.15) is 5.26 Å². The van der Waals surface area contributed by atoms with Crippen LogP contribution in [-0.4, -0.2) is 11.5 Å². The predicted molar refractivity (Wildman–Crippen MR) is 109 cm³/mol. The molecule has 0 atom stereocenters. The second kappa shape index (κ2) is 7.83. The molecule has 1 heterocycles. The molecule has 0 bridgehead atoms. The lowest BCUT2D eigenvalue weighted by atomic mass is 10.1. The maximum atomic E-state index is 12.7. The van der Waals surface area contributed by atoms with E-state index >= 15 is 0 Å². The van der Waals surface area contributed by atoms with Gasteiger partial charge in [-0.3, -0.25) is 4.79 Å². The molecule has 1 aromatic heterocycles. The highest BCUT2D eigenvalue weighted by Gasteiger charge is 2.30. The molecule has 0 aliphatic rings. The Kier molecular flexibility index (Phi) is 5.50. The molecule has 0 aliphatic heterocycles. The van der Waals surface area contributed by atoms with Gasteiger partial charge in [0.15, 0.2) is 5.60 Å². The van der Waals surface area contributed by atoms with E-state index in [0.717, 1.165) is 11.1 Å². The number of nitrogens with zero attached hydrogens (tertiary/aromatic N) is 1. The Labute approximate surface area is 167 Å². The van der Waals surface area contributed by atoms with E-state index in [1.165, 1.54) is 11.3 Å². The van der Waals surface area contributed by atoms with Crippen LogP contribution in [0.3, 0.4) is 0 Å². The first kappa shape index (κ1) is 19.0. The lowest BCUT2D eigenvalue weighted by molar-refractivity contribution is -0.128. The van der Waals surface area contributed by atoms with Crippen molar-refractivity contribution < 1.29 is 9.53 Å². The SMILES string of the molecule is CC(C)(Oc1ccc(Cl)cc1)C(=O)Nc1cccc(-c2csc(C#N)c2)c1. The van der Waals surface area contributed by atoms with Gasteiger partial charge in [-0.25, -0.2) is 0 Å². The lowest BCUT2D eigenvalue weighted by Gasteiger charge is -2.25. The number of carbonyl (C=O) groups excluding carboxylic acids is 1. The molecule has 2 aromatic carbocycles. The number of benzene rings is 2. The third kappa shape index (κ3) is 4.68. The topological polar surface area (TPSA) is 62.1 Å². The number of nitrogens with one attached hydrogen (secondary N) is 1. The number of amides is 1. The van der Waals surface area contributed by atoms with E-state index in [1.807, 2.05) is 35.7 Å². The molecule has 3 aromatic rings. The Hall–Kier alpha value is -2.81. The molecule has 0 saturated heterocycles. The number of anilines is 1. The molecule has 4 nitrogen and oxygen atoms in total. The fourth-order valence-electron chi connectivity index (χ4n) is 2.45. The molecule has 136 valence electrons. The molecule has 0 radical (unpaired) electrons. The number of halogens is 1. The van der Waals surface area contributed by atoms with E-state index in [9.17, 15) is 4.79 Å². The van der Waals surface area contributed by atoms with Crippen molar-refractivity contribution in [1.82, 2.24) is 0 Å². The summed E-state index contributed by atoms with van der Waals surface area (Å²) in [4.78, 5) is 13.4. The second-order valence-corrected chi connectivity index (χ2v) is 7.76. The van der Waals surface area contributed by atoms with Crippen LogP contribution >= 0.6 is 22.9 Å². The van der Waals surface area contributed by atoms with Crippen LogP contribution in [0.4, 0.5) is 5.69 Å². The summed E-state index contributed by atoms with van der Waals surface area (Å²) >= 11 is 7.27. The van der Waals surface area contributed by atoms with Gasteiger partial charge in [-0.05, 0) is 72.8 Å².